The van der Waals surface area contributed by atoms with Crippen LogP contribution in [0.1, 0.15) is 27.6 Å². The number of benzene rings is 3. The van der Waals surface area contributed by atoms with E-state index in [-0.39, 0.29) is 33.2 Å². The van der Waals surface area contributed by atoms with E-state index >= 15 is 0 Å². The number of hydrogen-bond acceptors (Lipinski definition) is 5. The van der Waals surface area contributed by atoms with Crippen LogP contribution in [0.2, 0.25) is 10.0 Å². The Bertz CT molecular complexity index is 1390. The van der Waals surface area contributed by atoms with Crippen molar-refractivity contribution in [2.45, 2.75) is 17.4 Å². The van der Waals surface area contributed by atoms with Crippen LogP contribution < -0.4 is 9.46 Å². The first kappa shape index (κ1) is 27.9. The lowest BCUT2D eigenvalue weighted by molar-refractivity contribution is -0.0231. The smallest absolute Gasteiger partial charge is 0.255 e. The van der Waals surface area contributed by atoms with E-state index in [1.807, 2.05) is 48.5 Å². The second kappa shape index (κ2) is 12.1. The van der Waals surface area contributed by atoms with E-state index in [0.717, 1.165) is 21.3 Å². The molecule has 4 rings (SSSR count). The normalized spacial score (nSPS) is 16.0. The Kier molecular flexibility index (Phi) is 9.15. The summed E-state index contributed by atoms with van der Waals surface area (Å²) in [4.78, 5) is 14.8. The van der Waals surface area contributed by atoms with E-state index in [1.54, 1.807) is 12.0 Å². The number of methoxy groups -OCH3 is 1. The van der Waals surface area contributed by atoms with E-state index in [9.17, 15) is 13.2 Å². The Morgan fingerprint density at radius 1 is 1.14 bits per heavy atom. The average molecular weight is 628 g/mol. The number of nitrogens with zero attached hydrogens (tertiary/aromatic N) is 1. The second-order valence-electron chi connectivity index (χ2n) is 8.39. The fraction of sp³-hybridized carbons (Fsp3) is 0.269. The molecule has 0 spiro atoms. The van der Waals surface area contributed by atoms with Gasteiger partial charge in [-0.3, -0.25) is 4.79 Å². The minimum absolute atomic E-state index is 0.0634. The molecule has 0 aromatic heterocycles. The fourth-order valence-corrected chi connectivity index (χ4v) is 6.45. The first-order valence-corrected chi connectivity index (χ1v) is 14.5. The van der Waals surface area contributed by atoms with Crippen LogP contribution in [-0.2, 0) is 21.2 Å². The molecule has 37 heavy (non-hydrogen) atoms. The zero-order chi connectivity index (χ0) is 26.6. The number of sulfonamides is 1. The molecule has 3 aromatic carbocycles. The van der Waals surface area contributed by atoms with Gasteiger partial charge in [0.15, 0.2) is 0 Å². The van der Waals surface area contributed by atoms with Crippen LogP contribution in [0, 0.1) is 0 Å². The van der Waals surface area contributed by atoms with Gasteiger partial charge in [-0.05, 0) is 47.9 Å². The van der Waals surface area contributed by atoms with Crippen molar-refractivity contribution < 1.29 is 22.7 Å². The summed E-state index contributed by atoms with van der Waals surface area (Å²) in [6.07, 6.45) is 0.131. The number of ether oxygens (including phenoxy) is 2. The Morgan fingerprint density at radius 2 is 1.86 bits per heavy atom. The van der Waals surface area contributed by atoms with Gasteiger partial charge in [-0.1, -0.05) is 69.5 Å². The van der Waals surface area contributed by atoms with Crippen molar-refractivity contribution in [3.05, 3.63) is 91.9 Å². The number of carbonyl (C=O) groups is 1. The summed E-state index contributed by atoms with van der Waals surface area (Å²) in [5, 5.41) is 0.0164. The number of hydrogen-bond donors (Lipinski definition) is 1. The summed E-state index contributed by atoms with van der Waals surface area (Å²) in [5.74, 6) is 0.328. The first-order valence-electron chi connectivity index (χ1n) is 11.5. The van der Waals surface area contributed by atoms with Crippen molar-refractivity contribution in [3.63, 3.8) is 0 Å². The Hall–Kier alpha value is -2.14. The van der Waals surface area contributed by atoms with E-state index in [1.165, 1.54) is 12.1 Å². The lowest BCUT2D eigenvalue weighted by Crippen LogP contribution is -2.42. The largest absolute Gasteiger partial charge is 0.497 e. The molecule has 1 saturated heterocycles. The molecule has 0 saturated carbocycles. The van der Waals surface area contributed by atoms with Crippen molar-refractivity contribution in [3.8, 4) is 5.75 Å². The maximum Gasteiger partial charge on any atom is 0.255 e. The maximum atomic E-state index is 13.4. The number of morpholine rings is 1. The molecule has 3 aromatic rings. The lowest BCUT2D eigenvalue weighted by Gasteiger charge is -2.34. The van der Waals surface area contributed by atoms with Gasteiger partial charge in [0.2, 0.25) is 10.0 Å². The molecule has 1 atom stereocenters. The average Bonchev–Trinajstić information content (AvgIpc) is 2.89. The van der Waals surface area contributed by atoms with Crippen LogP contribution in [0.15, 0.2) is 70.0 Å². The van der Waals surface area contributed by atoms with Crippen molar-refractivity contribution >= 4 is 55.1 Å². The topological polar surface area (TPSA) is 84.9 Å². The van der Waals surface area contributed by atoms with Crippen LogP contribution in [0.5, 0.6) is 5.75 Å². The molecule has 7 nitrogen and oxygen atoms in total. The SMILES string of the molecule is COc1ccc(CCNS(=O)(=O)c2cc(C(=O)N3CCOC(c4ccccc4Br)C3)c(Cl)cc2Cl)cc1. The van der Waals surface area contributed by atoms with E-state index < -0.39 is 15.9 Å². The van der Waals surface area contributed by atoms with Crippen molar-refractivity contribution in [2.24, 2.45) is 0 Å². The van der Waals surface area contributed by atoms with Gasteiger partial charge in [0, 0.05) is 17.6 Å². The van der Waals surface area contributed by atoms with Gasteiger partial charge < -0.3 is 14.4 Å². The quantitative estimate of drug-likeness (QED) is 0.357. The molecule has 0 radical (unpaired) electrons. The first-order chi connectivity index (χ1) is 17.7. The molecule has 1 unspecified atom stereocenters. The molecule has 1 heterocycles. The number of halogens is 3. The van der Waals surface area contributed by atoms with Gasteiger partial charge in [-0.15, -0.1) is 0 Å². The van der Waals surface area contributed by atoms with Crippen LogP contribution in [-0.4, -0.2) is 52.6 Å². The fourth-order valence-electron chi connectivity index (χ4n) is 4.03. The van der Waals surface area contributed by atoms with E-state index in [4.69, 9.17) is 32.7 Å². The maximum absolute atomic E-state index is 13.4. The van der Waals surface area contributed by atoms with Gasteiger partial charge in [-0.2, -0.15) is 0 Å². The molecule has 196 valence electrons. The van der Waals surface area contributed by atoms with Crippen LogP contribution in [0.25, 0.3) is 0 Å². The number of nitrogens with one attached hydrogen (secondary N) is 1. The highest BCUT2D eigenvalue weighted by Crippen LogP contribution is 2.32. The summed E-state index contributed by atoms with van der Waals surface area (Å²) in [6, 6.07) is 17.5. The van der Waals surface area contributed by atoms with Crippen LogP contribution in [0.3, 0.4) is 0 Å². The minimum Gasteiger partial charge on any atom is -0.497 e. The zero-order valence-corrected chi connectivity index (χ0v) is 23.8. The third-order valence-electron chi connectivity index (χ3n) is 6.01. The third kappa shape index (κ3) is 6.66. The van der Waals surface area contributed by atoms with Gasteiger partial charge in [0.05, 0.1) is 35.9 Å². The molecular weight excluding hydrogens is 603 g/mol. The molecule has 0 bridgehead atoms. The monoisotopic (exact) mass is 626 g/mol. The zero-order valence-electron chi connectivity index (χ0n) is 19.9. The van der Waals surface area contributed by atoms with Crippen molar-refractivity contribution in [1.29, 1.82) is 0 Å². The lowest BCUT2D eigenvalue weighted by atomic mass is 10.1. The molecular formula is C26H25BrCl2N2O5S. The molecule has 0 aliphatic carbocycles. The van der Waals surface area contributed by atoms with Gasteiger partial charge in [0.25, 0.3) is 5.91 Å². The molecule has 1 fully saturated rings. The summed E-state index contributed by atoms with van der Waals surface area (Å²) in [5.41, 5.74) is 1.93. The summed E-state index contributed by atoms with van der Waals surface area (Å²) in [7, 11) is -2.42. The highest BCUT2D eigenvalue weighted by atomic mass is 79.9. The highest BCUT2D eigenvalue weighted by molar-refractivity contribution is 9.10. The standard InChI is InChI=1S/C26H25BrCl2N2O5S/c1-35-18-8-6-17(7-9-18)10-11-30-37(33,34)25-14-20(22(28)15-23(25)29)26(32)31-12-13-36-24(16-31)19-4-2-3-5-21(19)27/h2-9,14-15,24,30H,10-13,16H2,1H3. The van der Waals surface area contributed by atoms with Crippen molar-refractivity contribution in [1.82, 2.24) is 9.62 Å². The summed E-state index contributed by atoms with van der Waals surface area (Å²) < 4.78 is 40.6. The summed E-state index contributed by atoms with van der Waals surface area (Å²) in [6.45, 7) is 1.12. The molecule has 11 heteroatoms. The van der Waals surface area contributed by atoms with Crippen LogP contribution in [0.4, 0.5) is 0 Å². The highest BCUT2D eigenvalue weighted by Gasteiger charge is 2.30. The molecule has 1 aliphatic rings. The van der Waals surface area contributed by atoms with Crippen LogP contribution >= 0.6 is 39.1 Å². The Balaban J connectivity index is 1.50. The molecule has 1 N–H and O–H groups in total. The Labute approximate surface area is 234 Å². The van der Waals surface area contributed by atoms with E-state index in [2.05, 4.69) is 20.7 Å². The van der Waals surface area contributed by atoms with Gasteiger partial charge >= 0.3 is 0 Å². The molecule has 1 amide bonds. The second-order valence-corrected chi connectivity index (χ2v) is 11.8. The van der Waals surface area contributed by atoms with Gasteiger partial charge in [0.1, 0.15) is 16.7 Å². The predicted molar refractivity (Wildman–Crippen MR) is 147 cm³/mol. The van der Waals surface area contributed by atoms with E-state index in [0.29, 0.717) is 26.1 Å². The number of amides is 1. The minimum atomic E-state index is -4.00. The number of rotatable bonds is 8. The number of carbonyl (C=O) groups excluding carboxylic acids is 1. The van der Waals surface area contributed by atoms with Crippen molar-refractivity contribution in [2.75, 3.05) is 33.4 Å². The summed E-state index contributed by atoms with van der Waals surface area (Å²) >= 11 is 16.1. The Morgan fingerprint density at radius 3 is 2.57 bits per heavy atom. The predicted octanol–water partition coefficient (Wildman–Crippen LogP) is 5.50. The third-order valence-corrected chi connectivity index (χ3v) is 8.97. The van der Waals surface area contributed by atoms with Gasteiger partial charge in [-0.25, -0.2) is 13.1 Å². The molecule has 1 aliphatic heterocycles.